The van der Waals surface area contributed by atoms with Crippen LogP contribution in [0, 0.1) is 11.3 Å². The lowest BCUT2D eigenvalue weighted by atomic mass is 10.2. The van der Waals surface area contributed by atoms with Crippen LogP contribution in [-0.4, -0.2) is 8.42 Å². The Balaban J connectivity index is 2.40. The maximum absolute atomic E-state index is 12.3. The Labute approximate surface area is 136 Å². The van der Waals surface area contributed by atoms with E-state index in [1.165, 1.54) is 36.4 Å². The summed E-state index contributed by atoms with van der Waals surface area (Å²) in [5.74, 6) is 0. The molecular weight excluding hydrogens is 355 g/mol. The highest BCUT2D eigenvalue weighted by Gasteiger charge is 2.17. The van der Waals surface area contributed by atoms with Crippen molar-refractivity contribution in [2.24, 2.45) is 0 Å². The molecule has 0 saturated heterocycles. The van der Waals surface area contributed by atoms with E-state index < -0.39 is 10.0 Å². The number of sulfonamides is 1. The van der Waals surface area contributed by atoms with Crippen LogP contribution in [0.1, 0.15) is 5.56 Å². The fraction of sp³-hybridized carbons (Fsp3) is 0. The number of benzene rings is 2. The normalized spacial score (nSPS) is 11.0. The minimum atomic E-state index is -3.89. The number of halogens is 3. The molecule has 0 saturated carbocycles. The third-order valence-electron chi connectivity index (χ3n) is 2.49. The average Bonchev–Trinajstić information content (AvgIpc) is 2.40. The number of anilines is 1. The second kappa shape index (κ2) is 6.12. The molecule has 0 aliphatic rings. The van der Waals surface area contributed by atoms with Gasteiger partial charge in [0.1, 0.15) is 0 Å². The lowest BCUT2D eigenvalue weighted by Gasteiger charge is -2.10. The van der Waals surface area contributed by atoms with E-state index in [4.69, 9.17) is 40.1 Å². The first-order valence-corrected chi connectivity index (χ1v) is 8.12. The van der Waals surface area contributed by atoms with Crippen LogP contribution in [0.2, 0.25) is 15.1 Å². The van der Waals surface area contributed by atoms with Crippen molar-refractivity contribution < 1.29 is 8.42 Å². The van der Waals surface area contributed by atoms with Crippen molar-refractivity contribution in [1.82, 2.24) is 0 Å². The molecule has 2 aromatic carbocycles. The number of rotatable bonds is 3. The zero-order valence-corrected chi connectivity index (χ0v) is 13.4. The summed E-state index contributed by atoms with van der Waals surface area (Å²) in [6, 6.07) is 10.1. The van der Waals surface area contributed by atoms with Gasteiger partial charge >= 0.3 is 0 Å². The Morgan fingerprint density at radius 1 is 1.00 bits per heavy atom. The molecule has 0 amide bonds. The molecule has 4 nitrogen and oxygen atoms in total. The van der Waals surface area contributed by atoms with Crippen molar-refractivity contribution in [2.75, 3.05) is 4.72 Å². The predicted octanol–water partition coefficient (Wildman–Crippen LogP) is 4.32. The van der Waals surface area contributed by atoms with Gasteiger partial charge in [0.25, 0.3) is 10.0 Å². The minimum absolute atomic E-state index is 0.0829. The highest BCUT2D eigenvalue weighted by Crippen LogP contribution is 2.28. The highest BCUT2D eigenvalue weighted by molar-refractivity contribution is 7.92. The summed E-state index contributed by atoms with van der Waals surface area (Å²) >= 11 is 17.5. The van der Waals surface area contributed by atoms with E-state index in [2.05, 4.69) is 4.72 Å². The minimum Gasteiger partial charge on any atom is -0.278 e. The maximum atomic E-state index is 12.3. The van der Waals surface area contributed by atoms with Crippen LogP contribution in [0.4, 0.5) is 5.69 Å². The first-order chi connectivity index (χ1) is 9.81. The first kappa shape index (κ1) is 15.9. The van der Waals surface area contributed by atoms with E-state index in [9.17, 15) is 8.42 Å². The smallest absolute Gasteiger partial charge is 0.262 e. The van der Waals surface area contributed by atoms with Crippen molar-refractivity contribution in [3.8, 4) is 6.07 Å². The van der Waals surface area contributed by atoms with Gasteiger partial charge in [0, 0.05) is 10.0 Å². The summed E-state index contributed by atoms with van der Waals surface area (Å²) < 4.78 is 26.8. The van der Waals surface area contributed by atoms with Gasteiger partial charge < -0.3 is 0 Å². The van der Waals surface area contributed by atoms with Gasteiger partial charge in [-0.25, -0.2) is 8.42 Å². The molecule has 0 radical (unpaired) electrons. The van der Waals surface area contributed by atoms with Gasteiger partial charge in [0.15, 0.2) is 0 Å². The fourth-order valence-corrected chi connectivity index (χ4v) is 3.64. The molecule has 0 fully saturated rings. The van der Waals surface area contributed by atoms with Crippen LogP contribution in [0.3, 0.4) is 0 Å². The van der Waals surface area contributed by atoms with Gasteiger partial charge in [0.05, 0.1) is 27.2 Å². The summed E-state index contributed by atoms with van der Waals surface area (Å²) in [6.07, 6.45) is 0. The molecule has 1 N–H and O–H groups in total. The van der Waals surface area contributed by atoms with Gasteiger partial charge in [-0.3, -0.25) is 4.72 Å². The Bertz CT molecular complexity index is 825. The van der Waals surface area contributed by atoms with Crippen molar-refractivity contribution in [2.45, 2.75) is 4.90 Å². The summed E-state index contributed by atoms with van der Waals surface area (Å²) in [5, 5.41) is 9.27. The third kappa shape index (κ3) is 3.80. The topological polar surface area (TPSA) is 70.0 Å². The first-order valence-electron chi connectivity index (χ1n) is 5.50. The van der Waals surface area contributed by atoms with Crippen LogP contribution in [0.5, 0.6) is 0 Å². The molecule has 0 aliphatic heterocycles. The van der Waals surface area contributed by atoms with Gasteiger partial charge in [-0.15, -0.1) is 0 Å². The largest absolute Gasteiger partial charge is 0.278 e. The van der Waals surface area contributed by atoms with E-state index in [0.29, 0.717) is 5.56 Å². The number of hydrogen-bond acceptors (Lipinski definition) is 3. The Kier molecular flexibility index (Phi) is 4.64. The van der Waals surface area contributed by atoms with Crippen molar-refractivity contribution >= 4 is 50.5 Å². The molecular formula is C13H7Cl3N2O2S. The number of nitriles is 1. The second-order valence-electron chi connectivity index (χ2n) is 4.02. The SMILES string of the molecule is N#Cc1ccc(NS(=O)(=O)c2cc(Cl)cc(Cl)c2)c(Cl)c1. The number of nitrogens with one attached hydrogen (secondary N) is 1. The summed E-state index contributed by atoms with van der Waals surface area (Å²) in [7, 11) is -3.89. The summed E-state index contributed by atoms with van der Waals surface area (Å²) in [4.78, 5) is -0.0829. The van der Waals surface area contributed by atoms with Crippen LogP contribution in [-0.2, 0) is 10.0 Å². The molecule has 0 spiro atoms. The highest BCUT2D eigenvalue weighted by atomic mass is 35.5. The van der Waals surface area contributed by atoms with Crippen LogP contribution < -0.4 is 4.72 Å². The van der Waals surface area contributed by atoms with Gasteiger partial charge in [-0.05, 0) is 36.4 Å². The molecule has 0 atom stereocenters. The molecule has 0 bridgehead atoms. The van der Waals surface area contributed by atoms with E-state index in [1.54, 1.807) is 0 Å². The monoisotopic (exact) mass is 360 g/mol. The molecule has 108 valence electrons. The molecule has 0 heterocycles. The quantitative estimate of drug-likeness (QED) is 0.885. The van der Waals surface area contributed by atoms with Gasteiger partial charge in [-0.1, -0.05) is 34.8 Å². The Morgan fingerprint density at radius 2 is 1.62 bits per heavy atom. The van der Waals surface area contributed by atoms with E-state index in [-0.39, 0.29) is 25.7 Å². The third-order valence-corrected chi connectivity index (χ3v) is 4.58. The molecule has 0 aromatic heterocycles. The fourth-order valence-electron chi connectivity index (χ4n) is 1.55. The molecule has 0 unspecified atom stereocenters. The molecule has 0 aliphatic carbocycles. The van der Waals surface area contributed by atoms with Crippen LogP contribution in [0.15, 0.2) is 41.3 Å². The van der Waals surface area contributed by atoms with E-state index in [1.807, 2.05) is 6.07 Å². The second-order valence-corrected chi connectivity index (χ2v) is 6.98. The summed E-state index contributed by atoms with van der Waals surface area (Å²) in [5.41, 5.74) is 0.487. The Morgan fingerprint density at radius 3 is 2.14 bits per heavy atom. The predicted molar refractivity (Wildman–Crippen MR) is 83.4 cm³/mol. The van der Waals surface area contributed by atoms with Gasteiger partial charge in [0.2, 0.25) is 0 Å². The van der Waals surface area contributed by atoms with Crippen molar-refractivity contribution in [1.29, 1.82) is 5.26 Å². The Hall–Kier alpha value is -1.45. The molecule has 2 rings (SSSR count). The van der Waals surface area contributed by atoms with Gasteiger partial charge in [-0.2, -0.15) is 5.26 Å². The van der Waals surface area contributed by atoms with Crippen LogP contribution >= 0.6 is 34.8 Å². The van der Waals surface area contributed by atoms with Crippen molar-refractivity contribution in [3.05, 3.63) is 57.0 Å². The molecule has 21 heavy (non-hydrogen) atoms. The lowest BCUT2D eigenvalue weighted by Crippen LogP contribution is -2.13. The lowest BCUT2D eigenvalue weighted by molar-refractivity contribution is 0.601. The average molecular weight is 362 g/mol. The standard InChI is InChI=1S/C13H7Cl3N2O2S/c14-9-4-10(15)6-11(5-9)21(19,20)18-13-2-1-8(7-17)3-12(13)16/h1-6,18H. The zero-order chi connectivity index (χ0) is 15.6. The summed E-state index contributed by atoms with van der Waals surface area (Å²) in [6.45, 7) is 0. The number of nitrogens with zero attached hydrogens (tertiary/aromatic N) is 1. The zero-order valence-electron chi connectivity index (χ0n) is 10.3. The molecule has 2 aromatic rings. The maximum Gasteiger partial charge on any atom is 0.262 e. The van der Waals surface area contributed by atoms with E-state index >= 15 is 0 Å². The van der Waals surface area contributed by atoms with Crippen LogP contribution in [0.25, 0.3) is 0 Å². The van der Waals surface area contributed by atoms with E-state index in [0.717, 1.165) is 0 Å². The van der Waals surface area contributed by atoms with Crippen molar-refractivity contribution in [3.63, 3.8) is 0 Å². The number of hydrogen-bond donors (Lipinski definition) is 1. The molecule has 8 heteroatoms.